The topological polar surface area (TPSA) is 63.7 Å². The minimum absolute atomic E-state index is 0.0170. The van der Waals surface area contributed by atoms with E-state index in [2.05, 4.69) is 10.3 Å². The second kappa shape index (κ2) is 9.93. The molecule has 0 saturated carbocycles. The quantitative estimate of drug-likeness (QED) is 0.459. The lowest BCUT2D eigenvalue weighted by atomic mass is 10.1. The van der Waals surface area contributed by atoms with Crippen LogP contribution in [-0.2, 0) is 11.2 Å². The van der Waals surface area contributed by atoms with E-state index in [1.165, 1.54) is 31.6 Å². The van der Waals surface area contributed by atoms with Crippen LogP contribution >= 0.6 is 22.9 Å². The number of nitrogens with one attached hydrogen (secondary N) is 1. The second-order valence-corrected chi connectivity index (χ2v) is 8.99. The third-order valence-electron chi connectivity index (χ3n) is 5.38. The molecule has 174 valence electrons. The summed E-state index contributed by atoms with van der Waals surface area (Å²) in [5, 5.41) is 4.00. The molecule has 3 aromatic rings. The normalized spacial score (nSPS) is 13.3. The van der Waals surface area contributed by atoms with Gasteiger partial charge in [0, 0.05) is 29.6 Å². The number of ether oxygens (including phenoxy) is 2. The Hall–Kier alpha value is -2.91. The van der Waals surface area contributed by atoms with Crippen LogP contribution in [0.25, 0.3) is 11.3 Å². The maximum atomic E-state index is 13.9. The number of anilines is 2. The Bertz CT molecular complexity index is 1180. The summed E-state index contributed by atoms with van der Waals surface area (Å²) in [5.74, 6) is -1.00. The summed E-state index contributed by atoms with van der Waals surface area (Å²) in [4.78, 5) is 19.9. The minimum atomic E-state index is -0.976. The summed E-state index contributed by atoms with van der Waals surface area (Å²) >= 11 is 7.53. The van der Waals surface area contributed by atoms with E-state index in [4.69, 9.17) is 21.1 Å². The summed E-state index contributed by atoms with van der Waals surface area (Å²) in [6.07, 6.45) is 2.08. The van der Waals surface area contributed by atoms with Gasteiger partial charge in [-0.1, -0.05) is 11.6 Å². The predicted molar refractivity (Wildman–Crippen MR) is 125 cm³/mol. The Labute approximate surface area is 199 Å². The number of amides is 1. The first-order valence-electron chi connectivity index (χ1n) is 10.3. The zero-order valence-electron chi connectivity index (χ0n) is 18.1. The van der Waals surface area contributed by atoms with Gasteiger partial charge in [0.1, 0.15) is 11.5 Å². The number of hydrogen-bond acceptors (Lipinski definition) is 6. The smallest absolute Gasteiger partial charge is 0.227 e. The van der Waals surface area contributed by atoms with E-state index >= 15 is 0 Å². The lowest BCUT2D eigenvalue weighted by molar-refractivity contribution is -0.129. The van der Waals surface area contributed by atoms with Crippen molar-refractivity contribution in [2.45, 2.75) is 19.3 Å². The maximum absolute atomic E-state index is 13.9. The van der Waals surface area contributed by atoms with Crippen molar-refractivity contribution >= 4 is 39.7 Å². The SMILES string of the molecule is COc1cc(OC)c(Nc2nc(-c3ccc(F)c(F)c3)c(CC(=O)N3CCCC3)s2)cc1Cl. The number of nitrogens with zero attached hydrogens (tertiary/aromatic N) is 2. The van der Waals surface area contributed by atoms with Crippen LogP contribution in [0.5, 0.6) is 11.5 Å². The van der Waals surface area contributed by atoms with Gasteiger partial charge >= 0.3 is 0 Å². The van der Waals surface area contributed by atoms with E-state index in [1.54, 1.807) is 12.1 Å². The number of hydrogen-bond donors (Lipinski definition) is 1. The number of thiazole rings is 1. The van der Waals surface area contributed by atoms with Crippen LogP contribution in [0.2, 0.25) is 5.02 Å². The summed E-state index contributed by atoms with van der Waals surface area (Å²) < 4.78 is 38.1. The number of carbonyl (C=O) groups excluding carboxylic acids is 1. The molecule has 1 aromatic heterocycles. The molecule has 0 spiro atoms. The van der Waals surface area contributed by atoms with E-state index in [-0.39, 0.29) is 12.3 Å². The number of carbonyl (C=O) groups is 1. The van der Waals surface area contributed by atoms with Crippen LogP contribution in [0.1, 0.15) is 17.7 Å². The first-order chi connectivity index (χ1) is 15.9. The summed E-state index contributed by atoms with van der Waals surface area (Å²) in [5.41, 5.74) is 1.36. The average molecular weight is 494 g/mol. The number of halogens is 3. The fraction of sp³-hybridized carbons (Fsp3) is 0.304. The number of methoxy groups -OCH3 is 2. The Morgan fingerprint density at radius 1 is 1.12 bits per heavy atom. The van der Waals surface area contributed by atoms with E-state index in [0.717, 1.165) is 38.1 Å². The lowest BCUT2D eigenvalue weighted by Crippen LogP contribution is -2.28. The van der Waals surface area contributed by atoms with Crippen molar-refractivity contribution in [3.8, 4) is 22.8 Å². The van der Waals surface area contributed by atoms with Crippen LogP contribution in [0.4, 0.5) is 19.6 Å². The van der Waals surface area contributed by atoms with Gasteiger partial charge in [-0.05, 0) is 37.1 Å². The van der Waals surface area contributed by atoms with Crippen molar-refractivity contribution in [3.05, 3.63) is 51.9 Å². The highest BCUT2D eigenvalue weighted by atomic mass is 35.5. The van der Waals surface area contributed by atoms with Crippen LogP contribution in [0.3, 0.4) is 0 Å². The zero-order valence-corrected chi connectivity index (χ0v) is 19.7. The average Bonchev–Trinajstić information content (AvgIpc) is 3.46. The molecule has 10 heteroatoms. The number of aromatic nitrogens is 1. The molecule has 1 aliphatic rings. The lowest BCUT2D eigenvalue weighted by Gasteiger charge is -2.14. The van der Waals surface area contributed by atoms with E-state index in [9.17, 15) is 13.6 Å². The standard InChI is InChI=1S/C23H22ClF2N3O3S/c1-31-18-11-19(32-2)17(10-14(18)24)27-23-28-22(13-5-6-15(25)16(26)9-13)20(33-23)12-21(30)29-7-3-4-8-29/h5-6,9-11H,3-4,7-8,12H2,1-2H3,(H,27,28). The zero-order chi connectivity index (χ0) is 23.5. The van der Waals surface area contributed by atoms with Crippen LogP contribution < -0.4 is 14.8 Å². The largest absolute Gasteiger partial charge is 0.495 e. The van der Waals surface area contributed by atoms with Gasteiger partial charge in [-0.25, -0.2) is 13.8 Å². The first kappa shape index (κ1) is 23.3. The molecule has 2 heterocycles. The van der Waals surface area contributed by atoms with Gasteiger partial charge in [0.15, 0.2) is 16.8 Å². The van der Waals surface area contributed by atoms with Gasteiger partial charge in [-0.2, -0.15) is 0 Å². The highest BCUT2D eigenvalue weighted by Crippen LogP contribution is 2.40. The molecule has 33 heavy (non-hydrogen) atoms. The number of likely N-dealkylation sites (tertiary alicyclic amines) is 1. The van der Waals surface area contributed by atoms with E-state index in [1.807, 2.05) is 4.90 Å². The van der Waals surface area contributed by atoms with Crippen LogP contribution in [0, 0.1) is 11.6 Å². The molecule has 1 aliphatic heterocycles. The minimum Gasteiger partial charge on any atom is -0.495 e. The van der Waals surface area contributed by atoms with Gasteiger partial charge in [-0.15, -0.1) is 11.3 Å². The molecule has 1 N–H and O–H groups in total. The Balaban J connectivity index is 1.70. The van der Waals surface area contributed by atoms with Gasteiger partial charge in [0.2, 0.25) is 5.91 Å². The predicted octanol–water partition coefficient (Wildman–Crippen LogP) is 5.67. The second-order valence-electron chi connectivity index (χ2n) is 7.50. The van der Waals surface area contributed by atoms with Gasteiger partial charge in [0.25, 0.3) is 0 Å². The maximum Gasteiger partial charge on any atom is 0.227 e. The van der Waals surface area contributed by atoms with Crippen molar-refractivity contribution < 1.29 is 23.0 Å². The highest BCUT2D eigenvalue weighted by Gasteiger charge is 2.23. The van der Waals surface area contributed by atoms with Gasteiger partial charge in [0.05, 0.1) is 37.0 Å². The molecule has 1 amide bonds. The number of benzene rings is 2. The summed E-state index contributed by atoms with van der Waals surface area (Å²) in [7, 11) is 3.02. The van der Waals surface area contributed by atoms with Gasteiger partial charge in [-0.3, -0.25) is 4.79 Å². The molecule has 1 saturated heterocycles. The molecular weight excluding hydrogens is 472 g/mol. The molecule has 6 nitrogen and oxygen atoms in total. The summed E-state index contributed by atoms with van der Waals surface area (Å²) in [6.45, 7) is 1.45. The van der Waals surface area contributed by atoms with E-state index < -0.39 is 11.6 Å². The fourth-order valence-electron chi connectivity index (χ4n) is 3.68. The molecule has 0 unspecified atom stereocenters. The molecule has 0 atom stereocenters. The Kier molecular flexibility index (Phi) is 6.99. The number of rotatable bonds is 7. The van der Waals surface area contributed by atoms with Crippen LogP contribution in [0.15, 0.2) is 30.3 Å². The van der Waals surface area contributed by atoms with E-state index in [0.29, 0.717) is 43.5 Å². The van der Waals surface area contributed by atoms with Crippen molar-refractivity contribution in [2.24, 2.45) is 0 Å². The molecule has 2 aromatic carbocycles. The van der Waals surface area contributed by atoms with Gasteiger partial charge < -0.3 is 19.7 Å². The molecular formula is C23H22ClF2N3O3S. The van der Waals surface area contributed by atoms with Crippen molar-refractivity contribution in [1.29, 1.82) is 0 Å². The third-order valence-corrected chi connectivity index (χ3v) is 6.64. The molecule has 4 rings (SSSR count). The van der Waals surface area contributed by atoms with Crippen LogP contribution in [-0.4, -0.2) is 43.1 Å². The van der Waals surface area contributed by atoms with Crippen molar-refractivity contribution in [1.82, 2.24) is 9.88 Å². The first-order valence-corrected chi connectivity index (χ1v) is 11.5. The van der Waals surface area contributed by atoms with Crippen molar-refractivity contribution in [2.75, 3.05) is 32.6 Å². The molecule has 0 bridgehead atoms. The molecule has 0 radical (unpaired) electrons. The third kappa shape index (κ3) is 5.04. The highest BCUT2D eigenvalue weighted by molar-refractivity contribution is 7.16. The summed E-state index contributed by atoms with van der Waals surface area (Å²) in [6, 6.07) is 6.88. The monoisotopic (exact) mass is 493 g/mol. The fourth-order valence-corrected chi connectivity index (χ4v) is 4.91. The molecule has 0 aliphatic carbocycles. The van der Waals surface area contributed by atoms with Crippen molar-refractivity contribution in [3.63, 3.8) is 0 Å². The Morgan fingerprint density at radius 3 is 2.52 bits per heavy atom. The molecule has 1 fully saturated rings. The Morgan fingerprint density at radius 2 is 1.85 bits per heavy atom.